The Morgan fingerprint density at radius 2 is 1.96 bits per heavy atom. The number of nitrogens with one attached hydrogen (secondary N) is 1. The number of carbonyl (C=O) groups is 1. The predicted molar refractivity (Wildman–Crippen MR) is 96.2 cm³/mol. The largest absolute Gasteiger partial charge is 0.485 e. The van der Waals surface area contributed by atoms with Crippen LogP contribution in [-0.4, -0.2) is 22.9 Å². The van der Waals surface area contributed by atoms with Crippen molar-refractivity contribution < 1.29 is 14.6 Å². The number of hydrogen-bond acceptors (Lipinski definition) is 4. The Morgan fingerprint density at radius 1 is 1.16 bits per heavy atom. The summed E-state index contributed by atoms with van der Waals surface area (Å²) in [5, 5.41) is 17.5. The molecule has 1 aliphatic heterocycles. The lowest BCUT2D eigenvalue weighted by Gasteiger charge is -2.32. The van der Waals surface area contributed by atoms with Gasteiger partial charge in [0.05, 0.1) is 5.56 Å². The first-order chi connectivity index (χ1) is 12.0. The van der Waals surface area contributed by atoms with Gasteiger partial charge in [0.1, 0.15) is 11.9 Å². The Morgan fingerprint density at radius 3 is 2.76 bits per heavy atom. The highest BCUT2D eigenvalue weighted by Crippen LogP contribution is 2.43. The molecule has 0 saturated carbocycles. The summed E-state index contributed by atoms with van der Waals surface area (Å²) < 4.78 is 6.06. The topological polar surface area (TPSA) is 96.4 Å². The van der Waals surface area contributed by atoms with Crippen LogP contribution in [0.3, 0.4) is 0 Å². The first-order valence-electron chi connectivity index (χ1n) is 7.93. The molecule has 0 aromatic heterocycles. The van der Waals surface area contributed by atoms with Crippen molar-refractivity contribution in [3.8, 4) is 5.75 Å². The van der Waals surface area contributed by atoms with Gasteiger partial charge < -0.3 is 21.0 Å². The van der Waals surface area contributed by atoms with Crippen molar-refractivity contribution >= 4 is 22.9 Å². The third-order valence-electron chi connectivity index (χ3n) is 4.48. The molecule has 0 fully saturated rings. The van der Waals surface area contributed by atoms with Gasteiger partial charge in [-0.3, -0.25) is 0 Å². The fourth-order valence-corrected chi connectivity index (χ4v) is 3.36. The number of allylic oxidation sites excluding steroid dienone is 1. The summed E-state index contributed by atoms with van der Waals surface area (Å²) in [6.07, 6.45) is 3.72. The van der Waals surface area contributed by atoms with E-state index in [0.717, 1.165) is 16.7 Å². The molecule has 124 valence electrons. The van der Waals surface area contributed by atoms with Gasteiger partial charge in [0, 0.05) is 40.6 Å². The fraction of sp³-hybridized carbons (Fsp3) is 0.100. The van der Waals surface area contributed by atoms with Gasteiger partial charge in [0.25, 0.3) is 0 Å². The van der Waals surface area contributed by atoms with Crippen molar-refractivity contribution in [2.75, 3.05) is 5.73 Å². The standard InChI is InChI=1S/C20H16N2O3/c21-11-5-7-15-17(9-11)25-18-10-12(22)6-8-16(18)19(15)13-3-1-2-4-14(13)20(23)24/h1-9,18,22H,10,21H2,(H,23,24). The van der Waals surface area contributed by atoms with Crippen LogP contribution in [0.5, 0.6) is 5.75 Å². The van der Waals surface area contributed by atoms with Crippen LogP contribution in [0.4, 0.5) is 5.69 Å². The second-order valence-corrected chi connectivity index (χ2v) is 6.11. The number of nitrogen functional groups attached to an aromatic ring is 1. The van der Waals surface area contributed by atoms with Crippen LogP contribution in [0.25, 0.3) is 5.57 Å². The Bertz CT molecular complexity index is 973. The number of hydrogen-bond donors (Lipinski definition) is 3. The van der Waals surface area contributed by atoms with E-state index in [1.165, 1.54) is 0 Å². The van der Waals surface area contributed by atoms with E-state index >= 15 is 0 Å². The summed E-state index contributed by atoms with van der Waals surface area (Å²) in [5.74, 6) is -0.358. The van der Waals surface area contributed by atoms with E-state index in [4.69, 9.17) is 15.9 Å². The SMILES string of the molecule is N=C1C=CC2=C(c3ccccc3C(=O)O)c3ccc(N)cc3OC2C1. The van der Waals surface area contributed by atoms with Gasteiger partial charge in [0.2, 0.25) is 0 Å². The van der Waals surface area contributed by atoms with Crippen LogP contribution < -0.4 is 10.5 Å². The number of anilines is 1. The van der Waals surface area contributed by atoms with Crippen molar-refractivity contribution in [3.05, 3.63) is 76.9 Å². The van der Waals surface area contributed by atoms with Gasteiger partial charge in [-0.1, -0.05) is 24.3 Å². The molecule has 0 amide bonds. The highest BCUT2D eigenvalue weighted by molar-refractivity contribution is 6.02. The third-order valence-corrected chi connectivity index (χ3v) is 4.48. The zero-order valence-electron chi connectivity index (χ0n) is 13.3. The molecule has 2 aromatic rings. The highest BCUT2D eigenvalue weighted by Gasteiger charge is 2.32. The monoisotopic (exact) mass is 332 g/mol. The molecule has 1 unspecified atom stereocenters. The van der Waals surface area contributed by atoms with Crippen LogP contribution >= 0.6 is 0 Å². The summed E-state index contributed by atoms with van der Waals surface area (Å²) >= 11 is 0. The molecule has 0 saturated heterocycles. The van der Waals surface area contributed by atoms with Crippen LogP contribution in [-0.2, 0) is 0 Å². The molecule has 25 heavy (non-hydrogen) atoms. The molecule has 1 aliphatic carbocycles. The maximum atomic E-state index is 11.7. The number of fused-ring (bicyclic) bond motifs is 2. The molecule has 4 rings (SSSR count). The van der Waals surface area contributed by atoms with E-state index in [0.29, 0.717) is 29.1 Å². The van der Waals surface area contributed by atoms with Crippen molar-refractivity contribution in [3.63, 3.8) is 0 Å². The summed E-state index contributed by atoms with van der Waals surface area (Å²) in [6.45, 7) is 0. The van der Waals surface area contributed by atoms with Crippen LogP contribution in [0.15, 0.2) is 60.2 Å². The van der Waals surface area contributed by atoms with Crippen LogP contribution in [0.2, 0.25) is 0 Å². The van der Waals surface area contributed by atoms with Crippen LogP contribution in [0, 0.1) is 5.41 Å². The summed E-state index contributed by atoms with van der Waals surface area (Å²) in [5.41, 5.74) is 10.4. The average Bonchev–Trinajstić information content (AvgIpc) is 2.59. The minimum atomic E-state index is -0.976. The van der Waals surface area contributed by atoms with Gasteiger partial charge in [0.15, 0.2) is 0 Å². The molecule has 0 radical (unpaired) electrons. The number of ether oxygens (including phenoxy) is 1. The molecular formula is C20H16N2O3. The molecule has 4 N–H and O–H groups in total. The molecular weight excluding hydrogens is 316 g/mol. The van der Waals surface area contributed by atoms with E-state index in [9.17, 15) is 9.90 Å². The molecule has 5 heteroatoms. The van der Waals surface area contributed by atoms with Gasteiger partial charge in [-0.2, -0.15) is 0 Å². The maximum Gasteiger partial charge on any atom is 0.336 e. The number of carboxylic acids is 1. The maximum absolute atomic E-state index is 11.7. The van der Waals surface area contributed by atoms with Gasteiger partial charge in [-0.15, -0.1) is 0 Å². The molecule has 0 bridgehead atoms. The van der Waals surface area contributed by atoms with Crippen molar-refractivity contribution in [1.82, 2.24) is 0 Å². The lowest BCUT2D eigenvalue weighted by atomic mass is 9.82. The van der Waals surface area contributed by atoms with Crippen molar-refractivity contribution in [1.29, 1.82) is 5.41 Å². The predicted octanol–water partition coefficient (Wildman–Crippen LogP) is 3.51. The van der Waals surface area contributed by atoms with E-state index in [-0.39, 0.29) is 11.7 Å². The third kappa shape index (κ3) is 2.50. The van der Waals surface area contributed by atoms with E-state index in [1.807, 2.05) is 24.3 Å². The summed E-state index contributed by atoms with van der Waals surface area (Å²) in [4.78, 5) is 11.7. The molecule has 2 aliphatic rings. The Labute approximate surface area is 144 Å². The second kappa shape index (κ2) is 5.63. The first-order valence-corrected chi connectivity index (χ1v) is 7.93. The molecule has 0 spiro atoms. The molecule has 1 heterocycles. The van der Waals surface area contributed by atoms with Gasteiger partial charge >= 0.3 is 5.97 Å². The first kappa shape index (κ1) is 15.2. The minimum Gasteiger partial charge on any atom is -0.485 e. The molecule has 5 nitrogen and oxygen atoms in total. The number of rotatable bonds is 2. The van der Waals surface area contributed by atoms with E-state index < -0.39 is 5.97 Å². The van der Waals surface area contributed by atoms with Gasteiger partial charge in [-0.25, -0.2) is 4.79 Å². The highest BCUT2D eigenvalue weighted by atomic mass is 16.5. The van der Waals surface area contributed by atoms with Crippen molar-refractivity contribution in [2.24, 2.45) is 0 Å². The van der Waals surface area contributed by atoms with E-state index in [1.54, 1.807) is 30.3 Å². The smallest absolute Gasteiger partial charge is 0.336 e. The Kier molecular flexibility index (Phi) is 3.42. The molecule has 1 atom stereocenters. The zero-order valence-corrected chi connectivity index (χ0v) is 13.3. The summed E-state index contributed by atoms with van der Waals surface area (Å²) in [7, 11) is 0. The normalized spacial score (nSPS) is 18.4. The number of aromatic carboxylic acids is 1. The molecule has 2 aromatic carbocycles. The Hall–Kier alpha value is -3.34. The average molecular weight is 332 g/mol. The lowest BCUT2D eigenvalue weighted by molar-refractivity contribution is 0.0696. The van der Waals surface area contributed by atoms with Gasteiger partial charge in [-0.05, 0) is 29.8 Å². The lowest BCUT2D eigenvalue weighted by Crippen LogP contribution is -2.29. The van der Waals surface area contributed by atoms with Crippen molar-refractivity contribution in [2.45, 2.75) is 12.5 Å². The Balaban J connectivity index is 2.04. The number of nitrogens with two attached hydrogens (primary N) is 1. The number of benzene rings is 2. The second-order valence-electron chi connectivity index (χ2n) is 6.11. The minimum absolute atomic E-state index is 0.238. The summed E-state index contributed by atoms with van der Waals surface area (Å²) in [6, 6.07) is 12.3. The van der Waals surface area contributed by atoms with Crippen LogP contribution in [0.1, 0.15) is 27.9 Å². The van der Waals surface area contributed by atoms with E-state index in [2.05, 4.69) is 0 Å². The number of carboxylic acid groups (broad SMARTS) is 1. The quantitative estimate of drug-likeness (QED) is 0.733. The fourth-order valence-electron chi connectivity index (χ4n) is 3.36. The zero-order chi connectivity index (χ0) is 17.6.